The van der Waals surface area contributed by atoms with Crippen molar-refractivity contribution in [2.24, 2.45) is 10.7 Å². The van der Waals surface area contributed by atoms with Crippen LogP contribution in [0.1, 0.15) is 30.7 Å². The molecule has 0 radical (unpaired) electrons. The summed E-state index contributed by atoms with van der Waals surface area (Å²) in [5.74, 6) is 1.05. The van der Waals surface area contributed by atoms with Crippen molar-refractivity contribution in [1.82, 2.24) is 4.90 Å². The molecule has 0 atom stereocenters. The lowest BCUT2D eigenvalue weighted by atomic mass is 9.76. The van der Waals surface area contributed by atoms with Gasteiger partial charge in [0.2, 0.25) is 0 Å². The highest BCUT2D eigenvalue weighted by molar-refractivity contribution is 5.79. The second-order valence-electron chi connectivity index (χ2n) is 5.54. The fourth-order valence-corrected chi connectivity index (χ4v) is 2.72. The van der Waals surface area contributed by atoms with Gasteiger partial charge in [0.25, 0.3) is 0 Å². The topological polar surface area (TPSA) is 50.9 Å². The van der Waals surface area contributed by atoms with E-state index in [1.807, 2.05) is 6.07 Å². The molecule has 1 heterocycles. The number of hydrogen-bond acceptors (Lipinski definition) is 2. The fraction of sp³-hybridized carbons (Fsp3) is 0.533. The SMILES string of the molecule is COc1ccc(C2CC(N=C(N)N3CCC3)C2)cc1F. The van der Waals surface area contributed by atoms with Crippen LogP contribution >= 0.6 is 0 Å². The highest BCUT2D eigenvalue weighted by Gasteiger charge is 2.31. The van der Waals surface area contributed by atoms with Crippen molar-refractivity contribution >= 4 is 5.96 Å². The molecule has 0 spiro atoms. The third-order valence-corrected chi connectivity index (χ3v) is 4.26. The Bertz CT molecular complexity index is 522. The number of hydrogen-bond donors (Lipinski definition) is 1. The van der Waals surface area contributed by atoms with E-state index in [1.54, 1.807) is 12.1 Å². The molecule has 1 aliphatic heterocycles. The van der Waals surface area contributed by atoms with Crippen LogP contribution in [-0.4, -0.2) is 37.1 Å². The number of benzene rings is 1. The zero-order chi connectivity index (χ0) is 14.1. The van der Waals surface area contributed by atoms with Gasteiger partial charge in [-0.3, -0.25) is 0 Å². The minimum absolute atomic E-state index is 0.283. The summed E-state index contributed by atoms with van der Waals surface area (Å²) in [4.78, 5) is 6.64. The third-order valence-electron chi connectivity index (χ3n) is 4.26. The van der Waals surface area contributed by atoms with Gasteiger partial charge in [0.1, 0.15) is 0 Å². The van der Waals surface area contributed by atoms with Gasteiger partial charge in [0, 0.05) is 13.1 Å². The average Bonchev–Trinajstić information content (AvgIpc) is 2.31. The molecule has 0 bridgehead atoms. The average molecular weight is 277 g/mol. The molecule has 2 fully saturated rings. The number of aliphatic imine (C=N–C) groups is 1. The Hall–Kier alpha value is -1.78. The van der Waals surface area contributed by atoms with Crippen molar-refractivity contribution < 1.29 is 9.13 Å². The maximum absolute atomic E-state index is 13.7. The van der Waals surface area contributed by atoms with Crippen LogP contribution in [0, 0.1) is 5.82 Å². The van der Waals surface area contributed by atoms with Gasteiger partial charge in [-0.1, -0.05) is 6.07 Å². The first-order valence-electron chi connectivity index (χ1n) is 7.09. The Balaban J connectivity index is 1.58. The Morgan fingerprint density at radius 1 is 1.40 bits per heavy atom. The summed E-state index contributed by atoms with van der Waals surface area (Å²) >= 11 is 0. The minimum Gasteiger partial charge on any atom is -0.494 e. The maximum Gasteiger partial charge on any atom is 0.191 e. The number of nitrogens with zero attached hydrogens (tertiary/aromatic N) is 2. The summed E-state index contributed by atoms with van der Waals surface area (Å²) < 4.78 is 18.6. The van der Waals surface area contributed by atoms with Crippen LogP contribution < -0.4 is 10.5 Å². The number of methoxy groups -OCH3 is 1. The lowest BCUT2D eigenvalue weighted by Crippen LogP contribution is -2.47. The predicted molar refractivity (Wildman–Crippen MR) is 76.5 cm³/mol. The summed E-state index contributed by atoms with van der Waals surface area (Å²) in [5, 5.41) is 0. The molecule has 1 aromatic carbocycles. The summed E-state index contributed by atoms with van der Waals surface area (Å²) in [6.07, 6.45) is 3.09. The zero-order valence-electron chi connectivity index (χ0n) is 11.7. The van der Waals surface area contributed by atoms with E-state index in [0.717, 1.165) is 31.5 Å². The first-order chi connectivity index (χ1) is 9.67. The van der Waals surface area contributed by atoms with Crippen LogP contribution in [0.25, 0.3) is 0 Å². The molecule has 108 valence electrons. The number of ether oxygens (including phenoxy) is 1. The summed E-state index contributed by atoms with van der Waals surface area (Å²) in [6.45, 7) is 2.05. The van der Waals surface area contributed by atoms with E-state index in [4.69, 9.17) is 10.5 Å². The molecule has 0 amide bonds. The number of guanidine groups is 1. The van der Waals surface area contributed by atoms with Gasteiger partial charge in [-0.2, -0.15) is 0 Å². The zero-order valence-corrected chi connectivity index (χ0v) is 11.7. The van der Waals surface area contributed by atoms with Crippen molar-refractivity contribution in [1.29, 1.82) is 0 Å². The van der Waals surface area contributed by atoms with Crippen LogP contribution in [0.2, 0.25) is 0 Å². The van der Waals surface area contributed by atoms with Gasteiger partial charge in [-0.15, -0.1) is 0 Å². The van der Waals surface area contributed by atoms with Crippen molar-refractivity contribution in [2.45, 2.75) is 31.2 Å². The Labute approximate surface area is 118 Å². The van der Waals surface area contributed by atoms with E-state index in [9.17, 15) is 4.39 Å². The molecule has 1 saturated carbocycles. The van der Waals surface area contributed by atoms with Crippen molar-refractivity contribution in [3.05, 3.63) is 29.6 Å². The largest absolute Gasteiger partial charge is 0.494 e. The Kier molecular flexibility index (Phi) is 3.51. The first-order valence-corrected chi connectivity index (χ1v) is 7.09. The van der Waals surface area contributed by atoms with Gasteiger partial charge < -0.3 is 15.4 Å². The summed E-state index contributed by atoms with van der Waals surface area (Å²) in [6, 6.07) is 5.48. The summed E-state index contributed by atoms with van der Waals surface area (Å²) in [7, 11) is 1.48. The number of likely N-dealkylation sites (tertiary alicyclic amines) is 1. The molecule has 1 aliphatic carbocycles. The van der Waals surface area contributed by atoms with Crippen LogP contribution in [0.5, 0.6) is 5.75 Å². The highest BCUT2D eigenvalue weighted by atomic mass is 19.1. The van der Waals surface area contributed by atoms with Gasteiger partial charge in [-0.05, 0) is 42.9 Å². The van der Waals surface area contributed by atoms with E-state index in [0.29, 0.717) is 17.6 Å². The minimum atomic E-state index is -0.294. The standard InChI is InChI=1S/C15H20FN3O/c1-20-14-4-3-10(9-13(14)16)11-7-12(8-11)18-15(17)19-5-2-6-19/h3-4,9,11-12H,2,5-8H2,1H3,(H2,17,18). The molecule has 2 N–H and O–H groups in total. The van der Waals surface area contributed by atoms with Crippen LogP contribution in [0.15, 0.2) is 23.2 Å². The van der Waals surface area contributed by atoms with Crippen LogP contribution in [-0.2, 0) is 0 Å². The first kappa shape index (κ1) is 13.2. The second kappa shape index (κ2) is 5.31. The van der Waals surface area contributed by atoms with E-state index < -0.39 is 0 Å². The normalized spacial score (nSPS) is 25.9. The van der Waals surface area contributed by atoms with Gasteiger partial charge in [0.05, 0.1) is 13.2 Å². The molecule has 1 saturated heterocycles. The molecular formula is C15H20FN3O. The molecule has 4 nitrogen and oxygen atoms in total. The quantitative estimate of drug-likeness (QED) is 0.680. The molecule has 3 rings (SSSR count). The van der Waals surface area contributed by atoms with Crippen LogP contribution in [0.4, 0.5) is 4.39 Å². The van der Waals surface area contributed by atoms with E-state index in [1.165, 1.54) is 13.5 Å². The highest BCUT2D eigenvalue weighted by Crippen LogP contribution is 2.39. The molecule has 1 aromatic rings. The molecule has 0 aromatic heterocycles. The van der Waals surface area contributed by atoms with Crippen molar-refractivity contribution in [2.75, 3.05) is 20.2 Å². The van der Waals surface area contributed by atoms with Crippen LogP contribution in [0.3, 0.4) is 0 Å². The number of rotatable bonds is 3. The second-order valence-corrected chi connectivity index (χ2v) is 5.54. The smallest absolute Gasteiger partial charge is 0.191 e. The van der Waals surface area contributed by atoms with Crippen molar-refractivity contribution in [3.63, 3.8) is 0 Å². The predicted octanol–water partition coefficient (Wildman–Crippen LogP) is 2.10. The lowest BCUT2D eigenvalue weighted by Gasteiger charge is -2.36. The lowest BCUT2D eigenvalue weighted by molar-refractivity contribution is 0.286. The monoisotopic (exact) mass is 277 g/mol. The fourth-order valence-electron chi connectivity index (χ4n) is 2.72. The molecular weight excluding hydrogens is 257 g/mol. The van der Waals surface area contributed by atoms with Gasteiger partial charge in [-0.25, -0.2) is 9.38 Å². The van der Waals surface area contributed by atoms with E-state index in [-0.39, 0.29) is 11.9 Å². The van der Waals surface area contributed by atoms with E-state index >= 15 is 0 Å². The van der Waals surface area contributed by atoms with E-state index in [2.05, 4.69) is 9.89 Å². The number of nitrogens with two attached hydrogens (primary N) is 1. The molecule has 20 heavy (non-hydrogen) atoms. The maximum atomic E-state index is 13.7. The number of halogens is 1. The molecule has 0 unspecified atom stereocenters. The van der Waals surface area contributed by atoms with Gasteiger partial charge in [0.15, 0.2) is 17.5 Å². The third kappa shape index (κ3) is 2.44. The summed E-state index contributed by atoms with van der Waals surface area (Å²) in [5.41, 5.74) is 6.96. The van der Waals surface area contributed by atoms with Gasteiger partial charge >= 0.3 is 0 Å². The Morgan fingerprint density at radius 2 is 2.15 bits per heavy atom. The Morgan fingerprint density at radius 3 is 2.70 bits per heavy atom. The molecule has 2 aliphatic rings. The molecule has 5 heteroatoms. The van der Waals surface area contributed by atoms with Crippen molar-refractivity contribution in [3.8, 4) is 5.75 Å².